The Morgan fingerprint density at radius 2 is 1.93 bits per heavy atom. The molecule has 4 heterocycles. The third-order valence-corrected chi connectivity index (χ3v) is 8.37. The van der Waals surface area contributed by atoms with Gasteiger partial charge >= 0.3 is 0 Å². The summed E-state index contributed by atoms with van der Waals surface area (Å²) in [6.07, 6.45) is 5.06. The first-order chi connectivity index (χ1) is 21.1. The Morgan fingerprint density at radius 3 is 2.72 bits per heavy atom. The van der Waals surface area contributed by atoms with Crippen LogP contribution in [0.5, 0.6) is 0 Å². The number of fused-ring (bicyclic) bond motifs is 1. The molecule has 0 aliphatic carbocycles. The number of hydrogen-bond acceptors (Lipinski definition) is 8. The average Bonchev–Trinajstić information content (AvgIpc) is 3.50. The third-order valence-electron chi connectivity index (χ3n) is 7.54. The summed E-state index contributed by atoms with van der Waals surface area (Å²) in [5.41, 5.74) is 5.26. The molecule has 1 amide bonds. The van der Waals surface area contributed by atoms with Gasteiger partial charge < -0.3 is 24.7 Å². The van der Waals surface area contributed by atoms with Crippen LogP contribution in [0.15, 0.2) is 78.5 Å². The fourth-order valence-corrected chi connectivity index (χ4v) is 6.22. The molecule has 1 atom stereocenters. The fraction of sp³-hybridized carbons (Fsp3) is 0.364. The Labute approximate surface area is 258 Å². The number of ether oxygens (including phenoxy) is 1. The molecule has 9 nitrogen and oxygen atoms in total. The number of anilines is 2. The first-order valence-corrected chi connectivity index (χ1v) is 15.9. The molecule has 0 bridgehead atoms. The van der Waals surface area contributed by atoms with Crippen LogP contribution >= 0.6 is 11.9 Å². The number of H-pyrrole nitrogens is 1. The lowest BCUT2D eigenvalue weighted by Gasteiger charge is -2.33. The van der Waals surface area contributed by atoms with Crippen molar-refractivity contribution >= 4 is 40.4 Å². The number of piperidine rings is 1. The molecule has 2 aromatic carbocycles. The molecule has 2 aliphatic rings. The molecule has 2 aliphatic heterocycles. The van der Waals surface area contributed by atoms with Crippen molar-refractivity contribution in [2.24, 2.45) is 0 Å². The number of morpholine rings is 1. The van der Waals surface area contributed by atoms with Crippen LogP contribution in [0.3, 0.4) is 0 Å². The summed E-state index contributed by atoms with van der Waals surface area (Å²) in [4.78, 5) is 30.0. The number of hydrogen-bond donors (Lipinski definition) is 3. The smallest absolute Gasteiger partial charge is 0.243 e. The molecule has 4 aromatic rings. The maximum absolute atomic E-state index is 11.7. The molecule has 2 aromatic heterocycles. The average molecular weight is 600 g/mol. The molecule has 226 valence electrons. The van der Waals surface area contributed by atoms with Gasteiger partial charge in [-0.05, 0) is 78.9 Å². The van der Waals surface area contributed by atoms with E-state index in [1.54, 1.807) is 18.3 Å². The van der Waals surface area contributed by atoms with Crippen LogP contribution < -0.4 is 14.9 Å². The summed E-state index contributed by atoms with van der Waals surface area (Å²) < 4.78 is 8.98. The van der Waals surface area contributed by atoms with E-state index in [1.807, 2.05) is 13.8 Å². The molecule has 6 rings (SSSR count). The quantitative estimate of drug-likeness (QED) is 0.162. The number of nitrogens with one attached hydrogen (secondary N) is 3. The third kappa shape index (κ3) is 7.95. The van der Waals surface area contributed by atoms with Gasteiger partial charge in [0.25, 0.3) is 0 Å². The number of likely N-dealkylation sites (tertiary alicyclic amines) is 1. The molecule has 0 unspecified atom stereocenters. The van der Waals surface area contributed by atoms with E-state index in [0.29, 0.717) is 0 Å². The summed E-state index contributed by atoms with van der Waals surface area (Å²) >= 11 is 1.61. The van der Waals surface area contributed by atoms with Gasteiger partial charge in [0.15, 0.2) is 0 Å². The van der Waals surface area contributed by atoms with Crippen molar-refractivity contribution in [3.8, 4) is 11.3 Å². The predicted molar refractivity (Wildman–Crippen MR) is 176 cm³/mol. The van der Waals surface area contributed by atoms with Gasteiger partial charge in [-0.25, -0.2) is 9.97 Å². The van der Waals surface area contributed by atoms with E-state index in [-0.39, 0.29) is 11.9 Å². The zero-order valence-electron chi connectivity index (χ0n) is 25.0. The number of carbonyl (C=O) groups is 1. The van der Waals surface area contributed by atoms with Gasteiger partial charge in [-0.15, -0.1) is 0 Å². The highest BCUT2D eigenvalue weighted by atomic mass is 32.2. The number of nitrogens with zero attached hydrogens (tertiary/aromatic N) is 4. The normalized spacial score (nSPS) is 17.2. The number of benzene rings is 2. The van der Waals surface area contributed by atoms with Crippen LogP contribution in [0, 0.1) is 0 Å². The van der Waals surface area contributed by atoms with Gasteiger partial charge in [0.05, 0.1) is 18.6 Å². The highest BCUT2D eigenvalue weighted by Crippen LogP contribution is 2.30. The Hall–Kier alpha value is -3.86. The minimum Gasteiger partial charge on any atom is -0.378 e. The van der Waals surface area contributed by atoms with Crippen molar-refractivity contribution < 1.29 is 9.53 Å². The van der Waals surface area contributed by atoms with Crippen molar-refractivity contribution in [1.82, 2.24) is 25.2 Å². The number of aromatic amines is 1. The van der Waals surface area contributed by atoms with E-state index in [4.69, 9.17) is 4.74 Å². The van der Waals surface area contributed by atoms with Crippen LogP contribution in [-0.2, 0) is 16.1 Å². The highest BCUT2D eigenvalue weighted by molar-refractivity contribution is 8.00. The van der Waals surface area contributed by atoms with E-state index in [9.17, 15) is 4.79 Å². The zero-order chi connectivity index (χ0) is 30.0. The predicted octanol–water partition coefficient (Wildman–Crippen LogP) is 5.87. The molecule has 0 saturated carbocycles. The van der Waals surface area contributed by atoms with Gasteiger partial charge in [0.2, 0.25) is 5.91 Å². The van der Waals surface area contributed by atoms with E-state index >= 15 is 0 Å². The number of amides is 1. The summed E-state index contributed by atoms with van der Waals surface area (Å²) in [5.74, 6) is 0.861. The molecular weight excluding hydrogens is 558 g/mol. The fourth-order valence-electron chi connectivity index (χ4n) is 5.49. The highest BCUT2D eigenvalue weighted by Gasteiger charge is 2.21. The Bertz CT molecular complexity index is 1500. The first kappa shape index (κ1) is 30.6. The molecule has 0 spiro atoms. The maximum atomic E-state index is 11.7. The van der Waals surface area contributed by atoms with Crippen molar-refractivity contribution in [2.45, 2.75) is 44.2 Å². The number of carbonyl (C=O) groups excluding carboxylic acids is 1. The molecule has 2 saturated heterocycles. The molecule has 3 N–H and O–H groups in total. The van der Waals surface area contributed by atoms with Gasteiger partial charge in [0.1, 0.15) is 17.8 Å². The molecular formula is C33H41N7O2S. The summed E-state index contributed by atoms with van der Waals surface area (Å²) in [6.45, 7) is 13.4. The van der Waals surface area contributed by atoms with E-state index in [2.05, 4.69) is 96.0 Å². The van der Waals surface area contributed by atoms with Gasteiger partial charge in [-0.1, -0.05) is 44.7 Å². The monoisotopic (exact) mass is 599 g/mol. The zero-order valence-corrected chi connectivity index (χ0v) is 25.8. The van der Waals surface area contributed by atoms with Crippen molar-refractivity contribution in [2.75, 3.05) is 49.0 Å². The Balaban J connectivity index is 0.00000180. The van der Waals surface area contributed by atoms with E-state index < -0.39 is 0 Å². The topological polar surface area (TPSA) is 98.4 Å². The second-order valence-electron chi connectivity index (χ2n) is 10.5. The summed E-state index contributed by atoms with van der Waals surface area (Å²) in [7, 11) is 0. The van der Waals surface area contributed by atoms with Crippen LogP contribution in [0.25, 0.3) is 22.3 Å². The summed E-state index contributed by atoms with van der Waals surface area (Å²) in [6, 6.07) is 19.4. The van der Waals surface area contributed by atoms with Gasteiger partial charge in [-0.3, -0.25) is 9.69 Å². The molecule has 2 fully saturated rings. The minimum absolute atomic E-state index is 0.0945. The van der Waals surface area contributed by atoms with E-state index in [0.717, 1.165) is 97.5 Å². The maximum Gasteiger partial charge on any atom is 0.243 e. The van der Waals surface area contributed by atoms with Gasteiger partial charge in [-0.2, -0.15) is 0 Å². The van der Waals surface area contributed by atoms with Crippen LogP contribution in [0.1, 0.15) is 32.3 Å². The van der Waals surface area contributed by atoms with Crippen molar-refractivity contribution in [1.29, 1.82) is 0 Å². The lowest BCUT2D eigenvalue weighted by Crippen LogP contribution is -2.46. The van der Waals surface area contributed by atoms with Crippen molar-refractivity contribution in [3.63, 3.8) is 0 Å². The molecule has 0 radical (unpaired) electrons. The molecule has 43 heavy (non-hydrogen) atoms. The molecule has 10 heteroatoms. The second-order valence-corrected chi connectivity index (χ2v) is 11.3. The van der Waals surface area contributed by atoms with Crippen LogP contribution in [0.4, 0.5) is 11.5 Å². The minimum atomic E-state index is -0.0945. The number of rotatable bonds is 9. The van der Waals surface area contributed by atoms with Crippen LogP contribution in [-0.4, -0.2) is 71.2 Å². The van der Waals surface area contributed by atoms with Gasteiger partial charge in [0, 0.05) is 48.5 Å². The lowest BCUT2D eigenvalue weighted by atomic mass is 10.0. The second kappa shape index (κ2) is 15.0. The lowest BCUT2D eigenvalue weighted by molar-refractivity contribution is -0.117. The SMILES string of the molecule is C=CC(=O)N[C@@H]1CCCN(Cc2cccc(SNc3ccc(-c4cc5c(N6CCOCC6)ncnc5[nH]4)cc3)c2)C1.CC. The van der Waals surface area contributed by atoms with Crippen molar-refractivity contribution in [3.05, 3.63) is 79.1 Å². The Kier molecular flexibility index (Phi) is 10.7. The first-order valence-electron chi connectivity index (χ1n) is 15.1. The van der Waals surface area contributed by atoms with E-state index in [1.165, 1.54) is 11.6 Å². The largest absolute Gasteiger partial charge is 0.378 e. The Morgan fingerprint density at radius 1 is 1.12 bits per heavy atom. The standard InChI is InChI=1S/C31H35N7O2S.C2H6/c1-2-29(39)34-25-6-4-12-37(20-25)19-22-5-3-7-26(17-22)41-36-24-10-8-23(9-11-24)28-18-27-30(35-28)32-21-33-31(27)38-13-15-40-16-14-38;1-2/h2-3,5,7-11,17-18,21,25,36H,1,4,6,12-16,19-20H2,(H,34,39)(H,32,33,35);1-2H3/t25-;/m1./s1. The summed E-state index contributed by atoms with van der Waals surface area (Å²) in [5, 5.41) is 4.08. The van der Waals surface area contributed by atoms with Crippen LogP contribution in [0.2, 0.25) is 0 Å². The number of aromatic nitrogens is 3.